The molecule has 0 radical (unpaired) electrons. The number of benzene rings is 2. The lowest BCUT2D eigenvalue weighted by Gasteiger charge is -2.14. The molecule has 0 atom stereocenters. The molecular formula is C21H19N7. The molecule has 2 aromatic carbocycles. The maximum atomic E-state index is 8.94. The average molecular weight is 369 g/mol. The molecule has 28 heavy (non-hydrogen) atoms. The fourth-order valence-electron chi connectivity index (χ4n) is 3.23. The van der Waals surface area contributed by atoms with Gasteiger partial charge in [0.05, 0.1) is 18.0 Å². The molecule has 0 saturated heterocycles. The normalized spacial score (nSPS) is 10.6. The second kappa shape index (κ2) is 7.00. The summed E-state index contributed by atoms with van der Waals surface area (Å²) in [4.78, 5) is 16.5. The number of H-pyrrole nitrogens is 1. The Morgan fingerprint density at radius 2 is 1.68 bits per heavy atom. The Balaban J connectivity index is 1.72. The summed E-state index contributed by atoms with van der Waals surface area (Å²) < 4.78 is 0. The molecule has 2 aromatic heterocycles. The van der Waals surface area contributed by atoms with E-state index >= 15 is 0 Å². The van der Waals surface area contributed by atoms with Crippen LogP contribution in [0.3, 0.4) is 0 Å². The van der Waals surface area contributed by atoms with Crippen LogP contribution in [-0.2, 0) is 0 Å². The number of imidazole rings is 1. The van der Waals surface area contributed by atoms with Gasteiger partial charge in [0, 0.05) is 11.4 Å². The van der Waals surface area contributed by atoms with E-state index in [9.17, 15) is 0 Å². The van der Waals surface area contributed by atoms with Crippen molar-refractivity contribution in [3.8, 4) is 6.07 Å². The Morgan fingerprint density at radius 1 is 0.964 bits per heavy atom. The molecule has 7 heteroatoms. The van der Waals surface area contributed by atoms with Crippen LogP contribution in [0, 0.1) is 32.1 Å². The second-order valence-corrected chi connectivity index (χ2v) is 6.71. The first-order valence-electron chi connectivity index (χ1n) is 8.86. The Bertz CT molecular complexity index is 1180. The monoisotopic (exact) mass is 369 g/mol. The first kappa shape index (κ1) is 17.5. The summed E-state index contributed by atoms with van der Waals surface area (Å²) >= 11 is 0. The van der Waals surface area contributed by atoms with Crippen LogP contribution in [0.5, 0.6) is 0 Å². The van der Waals surface area contributed by atoms with Crippen LogP contribution in [-0.4, -0.2) is 19.9 Å². The van der Waals surface area contributed by atoms with Gasteiger partial charge >= 0.3 is 0 Å². The molecule has 4 rings (SSSR count). The highest BCUT2D eigenvalue weighted by atomic mass is 15.2. The first-order chi connectivity index (χ1) is 13.5. The summed E-state index contributed by atoms with van der Waals surface area (Å²) in [6, 6.07) is 13.5. The van der Waals surface area contributed by atoms with Crippen LogP contribution in [0.2, 0.25) is 0 Å². The summed E-state index contributed by atoms with van der Waals surface area (Å²) in [5.74, 6) is 1.07. The standard InChI is InChI=1S/C21H19N7/c1-12-8-13(2)17(14(3)9-12)26-20-18-19(24-11-23-18)27-21(28-20)25-16-6-4-15(10-22)5-7-16/h4-9,11H,1-3H3,(H3,23,24,25,26,27,28). The molecule has 7 nitrogen and oxygen atoms in total. The molecular weight excluding hydrogens is 350 g/mol. The van der Waals surface area contributed by atoms with Crippen molar-refractivity contribution >= 4 is 34.3 Å². The molecule has 0 fully saturated rings. The molecule has 0 unspecified atom stereocenters. The van der Waals surface area contributed by atoms with E-state index in [1.165, 1.54) is 5.56 Å². The molecule has 0 bridgehead atoms. The number of rotatable bonds is 4. The average Bonchev–Trinajstić information content (AvgIpc) is 3.14. The fraction of sp³-hybridized carbons (Fsp3) is 0.143. The van der Waals surface area contributed by atoms with E-state index in [1.807, 2.05) is 12.1 Å². The van der Waals surface area contributed by atoms with Gasteiger partial charge in [-0.05, 0) is 56.2 Å². The van der Waals surface area contributed by atoms with Crippen LogP contribution < -0.4 is 10.6 Å². The highest BCUT2D eigenvalue weighted by Crippen LogP contribution is 2.29. The maximum absolute atomic E-state index is 8.94. The zero-order chi connectivity index (χ0) is 19.7. The van der Waals surface area contributed by atoms with Gasteiger partial charge in [0.25, 0.3) is 0 Å². The predicted molar refractivity (Wildman–Crippen MR) is 110 cm³/mol. The van der Waals surface area contributed by atoms with Crippen molar-refractivity contribution in [2.24, 2.45) is 0 Å². The number of nitrogens with zero attached hydrogens (tertiary/aromatic N) is 4. The van der Waals surface area contributed by atoms with Gasteiger partial charge in [0.1, 0.15) is 5.52 Å². The highest BCUT2D eigenvalue weighted by molar-refractivity contribution is 5.87. The van der Waals surface area contributed by atoms with E-state index < -0.39 is 0 Å². The van der Waals surface area contributed by atoms with Crippen LogP contribution in [0.25, 0.3) is 11.2 Å². The number of aromatic amines is 1. The number of hydrogen-bond donors (Lipinski definition) is 3. The summed E-state index contributed by atoms with van der Waals surface area (Å²) in [6.45, 7) is 6.23. The molecule has 0 spiro atoms. The predicted octanol–water partition coefficient (Wildman–Crippen LogP) is 4.64. The maximum Gasteiger partial charge on any atom is 0.231 e. The topological polar surface area (TPSA) is 102 Å². The number of hydrogen-bond acceptors (Lipinski definition) is 6. The number of aromatic nitrogens is 4. The van der Waals surface area contributed by atoms with Crippen LogP contribution in [0.1, 0.15) is 22.3 Å². The molecule has 4 aromatic rings. The van der Waals surface area contributed by atoms with Gasteiger partial charge in [0.15, 0.2) is 11.5 Å². The lowest BCUT2D eigenvalue weighted by Crippen LogP contribution is -2.04. The Kier molecular flexibility index (Phi) is 4.38. The molecule has 3 N–H and O–H groups in total. The lowest BCUT2D eigenvalue weighted by atomic mass is 10.1. The summed E-state index contributed by atoms with van der Waals surface area (Å²) in [5, 5.41) is 15.5. The summed E-state index contributed by atoms with van der Waals surface area (Å²) in [5.41, 5.74) is 7.23. The van der Waals surface area contributed by atoms with E-state index in [-0.39, 0.29) is 0 Å². The van der Waals surface area contributed by atoms with Crippen molar-refractivity contribution < 1.29 is 0 Å². The molecule has 2 heterocycles. The van der Waals surface area contributed by atoms with Crippen molar-refractivity contribution in [3.63, 3.8) is 0 Å². The third kappa shape index (κ3) is 3.35. The summed E-state index contributed by atoms with van der Waals surface area (Å²) in [6.07, 6.45) is 1.60. The van der Waals surface area contributed by atoms with Crippen LogP contribution in [0.4, 0.5) is 23.1 Å². The third-order valence-electron chi connectivity index (χ3n) is 4.48. The van der Waals surface area contributed by atoms with Gasteiger partial charge in [-0.15, -0.1) is 0 Å². The molecule has 138 valence electrons. The van der Waals surface area contributed by atoms with E-state index in [0.717, 1.165) is 28.0 Å². The van der Waals surface area contributed by atoms with Crippen molar-refractivity contribution in [3.05, 3.63) is 65.0 Å². The van der Waals surface area contributed by atoms with Crippen molar-refractivity contribution in [2.45, 2.75) is 20.8 Å². The Labute approximate surface area is 162 Å². The number of fused-ring (bicyclic) bond motifs is 1. The second-order valence-electron chi connectivity index (χ2n) is 6.71. The number of nitriles is 1. The zero-order valence-electron chi connectivity index (χ0n) is 15.8. The number of aryl methyl sites for hydroxylation is 3. The van der Waals surface area contributed by atoms with Gasteiger partial charge in [0.2, 0.25) is 5.95 Å². The molecule has 0 aliphatic carbocycles. The van der Waals surface area contributed by atoms with Gasteiger partial charge in [-0.1, -0.05) is 17.7 Å². The largest absolute Gasteiger partial charge is 0.340 e. The minimum atomic E-state index is 0.425. The Hall–Kier alpha value is -3.92. The van der Waals surface area contributed by atoms with E-state index in [1.54, 1.807) is 18.5 Å². The van der Waals surface area contributed by atoms with Crippen LogP contribution in [0.15, 0.2) is 42.7 Å². The van der Waals surface area contributed by atoms with Crippen molar-refractivity contribution in [2.75, 3.05) is 10.6 Å². The minimum absolute atomic E-state index is 0.425. The highest BCUT2D eigenvalue weighted by Gasteiger charge is 2.13. The van der Waals surface area contributed by atoms with E-state index in [4.69, 9.17) is 5.26 Å². The summed E-state index contributed by atoms with van der Waals surface area (Å²) in [7, 11) is 0. The smallest absolute Gasteiger partial charge is 0.231 e. The van der Waals surface area contributed by atoms with Crippen molar-refractivity contribution in [1.29, 1.82) is 5.26 Å². The molecule has 0 aliphatic rings. The number of nitrogens with one attached hydrogen (secondary N) is 3. The number of anilines is 4. The van der Waals surface area contributed by atoms with E-state index in [2.05, 4.69) is 69.5 Å². The van der Waals surface area contributed by atoms with Gasteiger partial charge in [-0.25, -0.2) is 4.98 Å². The third-order valence-corrected chi connectivity index (χ3v) is 4.48. The van der Waals surface area contributed by atoms with Crippen LogP contribution >= 0.6 is 0 Å². The molecule has 0 aliphatic heterocycles. The van der Waals surface area contributed by atoms with Crippen molar-refractivity contribution in [1.82, 2.24) is 19.9 Å². The quantitative estimate of drug-likeness (QED) is 0.484. The Morgan fingerprint density at radius 3 is 2.36 bits per heavy atom. The minimum Gasteiger partial charge on any atom is -0.340 e. The van der Waals surface area contributed by atoms with Gasteiger partial charge in [-0.3, -0.25) is 0 Å². The lowest BCUT2D eigenvalue weighted by molar-refractivity contribution is 1.19. The van der Waals surface area contributed by atoms with Gasteiger partial charge in [-0.2, -0.15) is 15.2 Å². The van der Waals surface area contributed by atoms with E-state index in [0.29, 0.717) is 23.0 Å². The zero-order valence-corrected chi connectivity index (χ0v) is 15.8. The SMILES string of the molecule is Cc1cc(C)c(Nc2nc(Nc3ccc(C#N)cc3)nc3nc[nH]c23)c(C)c1. The van der Waals surface area contributed by atoms with Gasteiger partial charge < -0.3 is 15.6 Å². The fourth-order valence-corrected chi connectivity index (χ4v) is 3.23. The molecule has 0 amide bonds. The molecule has 0 saturated carbocycles. The first-order valence-corrected chi connectivity index (χ1v) is 8.86.